The van der Waals surface area contributed by atoms with Crippen molar-refractivity contribution < 1.29 is 37.1 Å². The van der Waals surface area contributed by atoms with E-state index in [1.807, 2.05) is 43.3 Å². The van der Waals surface area contributed by atoms with Crippen molar-refractivity contribution in [3.63, 3.8) is 0 Å². The van der Waals surface area contributed by atoms with Crippen LogP contribution in [0.1, 0.15) is 76.7 Å². The second-order valence-corrected chi connectivity index (χ2v) is 17.1. The maximum atomic E-state index is 14.7. The molecule has 1 aromatic heterocycles. The summed E-state index contributed by atoms with van der Waals surface area (Å²) in [6.07, 6.45) is 12.0. The predicted molar refractivity (Wildman–Crippen MR) is 193 cm³/mol. The molecule has 4 fully saturated rings. The zero-order valence-corrected chi connectivity index (χ0v) is 30.2. The van der Waals surface area contributed by atoms with Gasteiger partial charge in [-0.2, -0.15) is 0 Å². The van der Waals surface area contributed by atoms with Crippen LogP contribution in [0.5, 0.6) is 5.88 Å². The highest BCUT2D eigenvalue weighted by Gasteiger charge is 2.62. The van der Waals surface area contributed by atoms with Crippen LogP contribution >= 0.6 is 0 Å². The van der Waals surface area contributed by atoms with E-state index < -0.39 is 68.7 Å². The molecule has 3 saturated carbocycles. The van der Waals surface area contributed by atoms with Crippen LogP contribution < -0.4 is 20.1 Å². The van der Waals surface area contributed by atoms with E-state index >= 15 is 0 Å². The Morgan fingerprint density at radius 3 is 2.63 bits per heavy atom. The van der Waals surface area contributed by atoms with Gasteiger partial charge in [0.1, 0.15) is 23.7 Å². The van der Waals surface area contributed by atoms with Crippen LogP contribution in [0.15, 0.2) is 49.2 Å². The van der Waals surface area contributed by atoms with Crippen LogP contribution in [0.2, 0.25) is 0 Å². The molecule has 7 rings (SSSR count). The van der Waals surface area contributed by atoms with Crippen LogP contribution in [0.3, 0.4) is 0 Å². The number of benzene rings is 1. The first kappa shape index (κ1) is 35.9. The summed E-state index contributed by atoms with van der Waals surface area (Å²) < 4.78 is 39.7. The minimum absolute atomic E-state index is 0.0174. The summed E-state index contributed by atoms with van der Waals surface area (Å²) in [6.45, 7) is 5.95. The molecule has 3 heterocycles. The number of cyclic esters (lactones) is 1. The van der Waals surface area contributed by atoms with Gasteiger partial charge in [-0.25, -0.2) is 18.2 Å². The summed E-state index contributed by atoms with van der Waals surface area (Å²) in [4.78, 5) is 61.7. The fraction of sp³-hybridized carbons (Fsp3) is 0.553. The Morgan fingerprint density at radius 1 is 1.12 bits per heavy atom. The Labute approximate surface area is 304 Å². The van der Waals surface area contributed by atoms with E-state index in [4.69, 9.17) is 9.47 Å². The van der Waals surface area contributed by atoms with Crippen LogP contribution in [0.25, 0.3) is 16.8 Å². The number of hydrogen-bond acceptors (Lipinski definition) is 9. The van der Waals surface area contributed by atoms with E-state index in [1.165, 1.54) is 11.0 Å². The summed E-state index contributed by atoms with van der Waals surface area (Å²) in [5.74, 6) is -2.16. The lowest BCUT2D eigenvalue weighted by atomic mass is 9.83. The number of alkyl carbamates (subject to hydrolysis) is 1. The average Bonchev–Trinajstić information content (AvgIpc) is 4.06. The van der Waals surface area contributed by atoms with E-state index in [2.05, 4.69) is 26.9 Å². The fourth-order valence-corrected chi connectivity index (χ4v) is 9.19. The van der Waals surface area contributed by atoms with Crippen molar-refractivity contribution >= 4 is 50.7 Å². The van der Waals surface area contributed by atoms with Crippen LogP contribution in [0.4, 0.5) is 4.79 Å². The van der Waals surface area contributed by atoms with Gasteiger partial charge in [-0.15, -0.1) is 6.58 Å². The molecule has 0 radical (unpaired) electrons. The van der Waals surface area contributed by atoms with Crippen molar-refractivity contribution in [2.45, 2.75) is 100 Å². The molecule has 3 N–H and O–H groups in total. The maximum Gasteiger partial charge on any atom is 0.407 e. The second-order valence-electron chi connectivity index (χ2n) is 15.1. The zero-order chi connectivity index (χ0) is 36.6. The Bertz CT molecular complexity index is 1890. The molecule has 1 saturated heterocycles. The van der Waals surface area contributed by atoms with Gasteiger partial charge in [0, 0.05) is 23.9 Å². The number of sulfonamides is 1. The van der Waals surface area contributed by atoms with E-state index in [-0.39, 0.29) is 37.8 Å². The third-order valence-corrected chi connectivity index (χ3v) is 13.0. The molecule has 4 bridgehead atoms. The molecule has 0 spiro atoms. The predicted octanol–water partition coefficient (Wildman–Crippen LogP) is 3.98. The minimum atomic E-state index is -3.88. The lowest BCUT2D eigenvalue weighted by molar-refractivity contribution is -0.142. The number of amides is 4. The first-order chi connectivity index (χ1) is 25.0. The number of pyridine rings is 1. The third kappa shape index (κ3) is 7.53. The molecule has 6 atom stereocenters. The van der Waals surface area contributed by atoms with Crippen LogP contribution in [-0.4, -0.2) is 84.2 Å². The number of carbonyl (C=O) groups excluding carboxylic acids is 4. The smallest absolute Gasteiger partial charge is 0.407 e. The average molecular weight is 734 g/mol. The topological polar surface area (TPSA) is 173 Å². The SMILES string of the molecule is C=C[C@@H]1CC1(NC(=O)[C@@H]1C[C@@H]2CN1C(=O)[C@H](C1CCCCC1)NC(=O)OC[C@@H](C)C/C=C/c1ccc3ccnc(c3c1)O2)C(=O)NS(=O)(=O)C1CC1. The standard InChI is InChI=1S/C38H47N5O8S/c1-3-27-20-38(27,36(46)42-52(48,49)29-14-15-29)41-33(44)31-19-28-21-43(31)35(45)32(26-10-5-4-6-11-26)40-37(47)50-22-23(2)8-7-9-24-12-13-25-16-17-39-34(51-28)30(25)18-24/h3,7,9,12-13,16-18,23,26-29,31-32H,1,4-6,8,10-11,14-15,19-22H2,2H3,(H,40,47)(H,41,44)(H,42,46)/b9-7+/t23-,27+,28+,31-,32-,38?/m0/s1. The largest absolute Gasteiger partial charge is 0.472 e. The summed E-state index contributed by atoms with van der Waals surface area (Å²) >= 11 is 0. The number of allylic oxidation sites excluding steroid dienone is 1. The van der Waals surface area contributed by atoms with Gasteiger partial charge in [-0.3, -0.25) is 19.1 Å². The molecule has 2 aromatic rings. The van der Waals surface area contributed by atoms with Crippen molar-refractivity contribution in [3.05, 3.63) is 54.8 Å². The lowest BCUT2D eigenvalue weighted by Crippen LogP contribution is -2.59. The number of ether oxygens (including phenoxy) is 2. The molecule has 4 amide bonds. The number of aromatic nitrogens is 1. The molecule has 2 aliphatic heterocycles. The molecular formula is C38H47N5O8S. The molecule has 1 aromatic carbocycles. The van der Waals surface area contributed by atoms with Crippen molar-refractivity contribution in [2.75, 3.05) is 13.2 Å². The van der Waals surface area contributed by atoms with Crippen molar-refractivity contribution in [1.29, 1.82) is 0 Å². The Balaban J connectivity index is 1.22. The molecule has 278 valence electrons. The Morgan fingerprint density at radius 2 is 1.90 bits per heavy atom. The molecule has 52 heavy (non-hydrogen) atoms. The molecule has 1 unspecified atom stereocenters. The van der Waals surface area contributed by atoms with E-state index in [9.17, 15) is 27.6 Å². The van der Waals surface area contributed by atoms with Gasteiger partial charge in [0.05, 0.1) is 18.4 Å². The number of nitrogens with one attached hydrogen (secondary N) is 3. The molecule has 14 heteroatoms. The quantitative estimate of drug-likeness (QED) is 0.356. The monoisotopic (exact) mass is 733 g/mol. The number of carbonyl (C=O) groups is 4. The van der Waals surface area contributed by atoms with Crippen molar-refractivity contribution in [1.82, 2.24) is 25.2 Å². The second kappa shape index (κ2) is 14.5. The van der Waals surface area contributed by atoms with E-state index in [0.717, 1.165) is 48.4 Å². The highest BCUT2D eigenvalue weighted by molar-refractivity contribution is 7.91. The minimum Gasteiger partial charge on any atom is -0.472 e. The maximum absolute atomic E-state index is 14.7. The van der Waals surface area contributed by atoms with E-state index in [0.29, 0.717) is 25.1 Å². The number of fused-ring (bicyclic) bond motifs is 3. The summed E-state index contributed by atoms with van der Waals surface area (Å²) in [5, 5.41) is 6.76. The highest BCUT2D eigenvalue weighted by atomic mass is 32.2. The van der Waals surface area contributed by atoms with Gasteiger partial charge < -0.3 is 25.0 Å². The van der Waals surface area contributed by atoms with Gasteiger partial charge in [0.15, 0.2) is 0 Å². The summed E-state index contributed by atoms with van der Waals surface area (Å²) in [7, 11) is -3.88. The molecule has 5 aliphatic rings. The van der Waals surface area contributed by atoms with E-state index in [1.54, 1.807) is 6.20 Å². The number of rotatable bonds is 7. The number of hydrogen-bond donors (Lipinski definition) is 3. The summed E-state index contributed by atoms with van der Waals surface area (Å²) in [6, 6.07) is 5.80. The molecular weight excluding hydrogens is 687 g/mol. The van der Waals surface area contributed by atoms with Gasteiger partial charge in [0.2, 0.25) is 27.7 Å². The van der Waals surface area contributed by atoms with Crippen molar-refractivity contribution in [3.8, 4) is 5.88 Å². The fourth-order valence-electron chi connectivity index (χ4n) is 7.83. The Kier molecular flexibility index (Phi) is 10.0. The van der Waals surface area contributed by atoms with Gasteiger partial charge >= 0.3 is 6.09 Å². The highest BCUT2D eigenvalue weighted by Crippen LogP contribution is 2.45. The lowest BCUT2D eigenvalue weighted by Gasteiger charge is -2.34. The van der Waals surface area contributed by atoms with Crippen molar-refractivity contribution in [2.24, 2.45) is 17.8 Å². The van der Waals surface area contributed by atoms with Gasteiger partial charge in [-0.1, -0.05) is 56.5 Å². The van der Waals surface area contributed by atoms with Gasteiger partial charge in [0.25, 0.3) is 5.91 Å². The Hall–Kier alpha value is -4.46. The first-order valence-corrected chi connectivity index (χ1v) is 20.0. The summed E-state index contributed by atoms with van der Waals surface area (Å²) in [5.41, 5.74) is -0.592. The van der Waals surface area contributed by atoms with Gasteiger partial charge in [-0.05, 0) is 73.4 Å². The normalized spacial score (nSPS) is 30.6. The number of nitrogens with zero attached hydrogens (tertiary/aromatic N) is 2. The van der Waals surface area contributed by atoms with Crippen LogP contribution in [0, 0.1) is 17.8 Å². The third-order valence-electron chi connectivity index (χ3n) is 11.1. The van der Waals surface area contributed by atoms with Crippen LogP contribution in [-0.2, 0) is 29.1 Å². The first-order valence-electron chi connectivity index (χ1n) is 18.4. The molecule has 13 nitrogen and oxygen atoms in total. The molecule has 3 aliphatic carbocycles. The zero-order valence-electron chi connectivity index (χ0n) is 29.4.